The lowest BCUT2D eigenvalue weighted by atomic mass is 9.88. The highest BCUT2D eigenvalue weighted by atomic mass is 14.9. The van der Waals surface area contributed by atoms with Gasteiger partial charge in [0.15, 0.2) is 0 Å². The Morgan fingerprint density at radius 3 is 2.78 bits per heavy atom. The molecule has 0 aliphatic carbocycles. The second kappa shape index (κ2) is 4.13. The molecule has 1 aromatic carbocycles. The summed E-state index contributed by atoms with van der Waals surface area (Å²) in [5.41, 5.74) is 5.22. The van der Waals surface area contributed by atoms with Crippen molar-refractivity contribution in [3.63, 3.8) is 0 Å². The number of nitrogens with zero attached hydrogens (tertiary/aromatic N) is 1. The molecule has 0 unspecified atom stereocenters. The van der Waals surface area contributed by atoms with Gasteiger partial charge in [0.1, 0.15) is 0 Å². The Bertz CT molecular complexity index is 559. The van der Waals surface area contributed by atoms with Gasteiger partial charge in [-0.2, -0.15) is 0 Å². The molecule has 0 spiro atoms. The first-order chi connectivity index (χ1) is 8.65. The fourth-order valence-corrected chi connectivity index (χ4v) is 2.50. The van der Waals surface area contributed by atoms with Crippen molar-refractivity contribution in [3.8, 4) is 0 Å². The van der Waals surface area contributed by atoms with Gasteiger partial charge in [0.05, 0.1) is 0 Å². The van der Waals surface area contributed by atoms with Crippen LogP contribution in [0.3, 0.4) is 0 Å². The molecule has 2 heteroatoms. The van der Waals surface area contributed by atoms with Crippen molar-refractivity contribution in [1.29, 1.82) is 0 Å². The Hall–Kier alpha value is -1.83. The van der Waals surface area contributed by atoms with Crippen LogP contribution in [0.15, 0.2) is 42.6 Å². The number of anilines is 1. The summed E-state index contributed by atoms with van der Waals surface area (Å²) in [6.07, 6.45) is 2.93. The largest absolute Gasteiger partial charge is 0.384 e. The zero-order valence-corrected chi connectivity index (χ0v) is 10.9. The van der Waals surface area contributed by atoms with E-state index < -0.39 is 0 Å². The van der Waals surface area contributed by atoms with Crippen LogP contribution in [-0.2, 0) is 11.8 Å². The first kappa shape index (κ1) is 11.3. The molecule has 0 atom stereocenters. The van der Waals surface area contributed by atoms with E-state index in [2.05, 4.69) is 54.5 Å². The van der Waals surface area contributed by atoms with Crippen molar-refractivity contribution >= 4 is 5.69 Å². The van der Waals surface area contributed by atoms with Gasteiger partial charge in [-0.15, -0.1) is 0 Å². The number of aromatic nitrogens is 1. The van der Waals surface area contributed by atoms with Gasteiger partial charge in [0, 0.05) is 41.5 Å². The molecule has 1 aliphatic heterocycles. The Labute approximate surface area is 108 Å². The quantitative estimate of drug-likeness (QED) is 0.867. The van der Waals surface area contributed by atoms with Crippen molar-refractivity contribution in [2.45, 2.75) is 25.7 Å². The van der Waals surface area contributed by atoms with Crippen LogP contribution in [0.5, 0.6) is 0 Å². The lowest BCUT2D eigenvalue weighted by Crippen LogP contribution is -2.19. The maximum absolute atomic E-state index is 4.60. The number of rotatable bonds is 2. The minimum absolute atomic E-state index is 0.202. The first-order valence-electron chi connectivity index (χ1n) is 6.42. The topological polar surface area (TPSA) is 24.9 Å². The standard InChI is InChI=1S/C16H18N2/c1-16(2)11-18-15-9-13(17-10-14(15)16)8-12-6-4-3-5-7-12/h3-7,9-10,18H,8,11H2,1-2H3. The first-order valence-corrected chi connectivity index (χ1v) is 6.42. The van der Waals surface area contributed by atoms with Crippen molar-refractivity contribution < 1.29 is 0 Å². The van der Waals surface area contributed by atoms with E-state index in [1.807, 2.05) is 12.3 Å². The van der Waals surface area contributed by atoms with E-state index in [1.165, 1.54) is 16.8 Å². The highest BCUT2D eigenvalue weighted by Gasteiger charge is 2.29. The van der Waals surface area contributed by atoms with Gasteiger partial charge >= 0.3 is 0 Å². The molecule has 0 radical (unpaired) electrons. The van der Waals surface area contributed by atoms with E-state index in [0.717, 1.165) is 18.7 Å². The molecule has 1 N–H and O–H groups in total. The van der Waals surface area contributed by atoms with Crippen LogP contribution in [0.2, 0.25) is 0 Å². The van der Waals surface area contributed by atoms with Crippen LogP contribution in [0.4, 0.5) is 5.69 Å². The molecule has 1 aromatic heterocycles. The molecular weight excluding hydrogens is 220 g/mol. The lowest BCUT2D eigenvalue weighted by molar-refractivity contribution is 0.584. The Morgan fingerprint density at radius 2 is 2.00 bits per heavy atom. The predicted octanol–water partition coefficient (Wildman–Crippen LogP) is 3.38. The van der Waals surface area contributed by atoms with E-state index >= 15 is 0 Å². The van der Waals surface area contributed by atoms with E-state index in [0.29, 0.717) is 0 Å². The number of benzene rings is 1. The molecule has 2 aromatic rings. The van der Waals surface area contributed by atoms with Crippen LogP contribution < -0.4 is 5.32 Å². The number of hydrogen-bond donors (Lipinski definition) is 1. The van der Waals surface area contributed by atoms with Crippen molar-refractivity contribution in [3.05, 3.63) is 59.4 Å². The van der Waals surface area contributed by atoms with Gasteiger partial charge in [-0.1, -0.05) is 44.2 Å². The molecule has 92 valence electrons. The van der Waals surface area contributed by atoms with Gasteiger partial charge in [-0.05, 0) is 11.6 Å². The number of fused-ring (bicyclic) bond motifs is 1. The maximum Gasteiger partial charge on any atom is 0.0468 e. The minimum Gasteiger partial charge on any atom is -0.384 e. The average Bonchev–Trinajstić information content (AvgIpc) is 2.66. The predicted molar refractivity (Wildman–Crippen MR) is 75.0 cm³/mol. The molecule has 0 saturated heterocycles. The number of nitrogens with one attached hydrogen (secondary N) is 1. The molecule has 2 nitrogen and oxygen atoms in total. The van der Waals surface area contributed by atoms with Gasteiger partial charge in [-0.25, -0.2) is 0 Å². The summed E-state index contributed by atoms with van der Waals surface area (Å²) in [7, 11) is 0. The molecule has 0 fully saturated rings. The highest BCUT2D eigenvalue weighted by molar-refractivity contribution is 5.59. The zero-order chi connectivity index (χ0) is 12.6. The van der Waals surface area contributed by atoms with Crippen molar-refractivity contribution in [1.82, 2.24) is 4.98 Å². The SMILES string of the molecule is CC1(C)CNc2cc(Cc3ccccc3)ncc21. The minimum atomic E-state index is 0.202. The summed E-state index contributed by atoms with van der Waals surface area (Å²) in [5, 5.41) is 3.48. The maximum atomic E-state index is 4.60. The molecule has 0 bridgehead atoms. The van der Waals surface area contributed by atoms with Gasteiger partial charge < -0.3 is 5.32 Å². The monoisotopic (exact) mass is 238 g/mol. The molecule has 3 rings (SSSR count). The second-order valence-electron chi connectivity index (χ2n) is 5.62. The fraction of sp³-hybridized carbons (Fsp3) is 0.312. The molecule has 2 heterocycles. The molecule has 18 heavy (non-hydrogen) atoms. The van der Waals surface area contributed by atoms with E-state index in [-0.39, 0.29) is 5.41 Å². The Balaban J connectivity index is 1.88. The Morgan fingerprint density at radius 1 is 1.22 bits per heavy atom. The molecule has 0 saturated carbocycles. The van der Waals surface area contributed by atoms with E-state index in [1.54, 1.807) is 0 Å². The van der Waals surface area contributed by atoms with Gasteiger partial charge in [0.25, 0.3) is 0 Å². The van der Waals surface area contributed by atoms with E-state index in [4.69, 9.17) is 0 Å². The summed E-state index contributed by atoms with van der Waals surface area (Å²) in [6.45, 7) is 5.51. The third-order valence-electron chi connectivity index (χ3n) is 3.64. The van der Waals surface area contributed by atoms with Crippen LogP contribution in [0.25, 0.3) is 0 Å². The third kappa shape index (κ3) is 1.99. The van der Waals surface area contributed by atoms with Crippen LogP contribution in [0, 0.1) is 0 Å². The molecule has 1 aliphatic rings. The lowest BCUT2D eigenvalue weighted by Gasteiger charge is -2.16. The molecule has 0 amide bonds. The van der Waals surface area contributed by atoms with Crippen LogP contribution in [-0.4, -0.2) is 11.5 Å². The van der Waals surface area contributed by atoms with Crippen LogP contribution in [0.1, 0.15) is 30.7 Å². The summed E-state index contributed by atoms with van der Waals surface area (Å²) in [6, 6.07) is 12.7. The number of hydrogen-bond acceptors (Lipinski definition) is 2. The third-order valence-corrected chi connectivity index (χ3v) is 3.64. The Kier molecular flexibility index (Phi) is 2.58. The van der Waals surface area contributed by atoms with Gasteiger partial charge in [-0.3, -0.25) is 4.98 Å². The summed E-state index contributed by atoms with van der Waals surface area (Å²) < 4.78 is 0. The second-order valence-corrected chi connectivity index (χ2v) is 5.62. The highest BCUT2D eigenvalue weighted by Crippen LogP contribution is 2.35. The van der Waals surface area contributed by atoms with E-state index in [9.17, 15) is 0 Å². The molecular formula is C16H18N2. The zero-order valence-electron chi connectivity index (χ0n) is 10.9. The average molecular weight is 238 g/mol. The van der Waals surface area contributed by atoms with Crippen molar-refractivity contribution in [2.75, 3.05) is 11.9 Å². The smallest absolute Gasteiger partial charge is 0.0468 e. The van der Waals surface area contributed by atoms with Crippen LogP contribution >= 0.6 is 0 Å². The van der Waals surface area contributed by atoms with Crippen molar-refractivity contribution in [2.24, 2.45) is 0 Å². The summed E-state index contributed by atoms with van der Waals surface area (Å²) in [4.78, 5) is 4.60. The van der Waals surface area contributed by atoms with Gasteiger partial charge in [0.2, 0.25) is 0 Å². The number of pyridine rings is 1. The summed E-state index contributed by atoms with van der Waals surface area (Å²) >= 11 is 0. The summed E-state index contributed by atoms with van der Waals surface area (Å²) in [5.74, 6) is 0. The fourth-order valence-electron chi connectivity index (χ4n) is 2.50. The normalized spacial score (nSPS) is 16.1.